The predicted molar refractivity (Wildman–Crippen MR) is 96.5 cm³/mol. The molecule has 2 aromatic carbocycles. The summed E-state index contributed by atoms with van der Waals surface area (Å²) in [7, 11) is 0. The summed E-state index contributed by atoms with van der Waals surface area (Å²) in [6, 6.07) is 15.4. The van der Waals surface area contributed by atoms with Crippen LogP contribution in [0, 0.1) is 6.92 Å². The fourth-order valence-corrected chi connectivity index (χ4v) is 2.95. The monoisotopic (exact) mass is 331 g/mol. The van der Waals surface area contributed by atoms with Crippen LogP contribution in [0.2, 0.25) is 0 Å². The summed E-state index contributed by atoms with van der Waals surface area (Å²) in [6.07, 6.45) is 0. The fraction of sp³-hybridized carbons (Fsp3) is 0.158. The molecule has 0 fully saturated rings. The van der Waals surface area contributed by atoms with Crippen molar-refractivity contribution >= 4 is 22.6 Å². The smallest absolute Gasteiger partial charge is 0.251 e. The number of hydrogen-bond donors (Lipinski definition) is 1. The molecule has 0 aliphatic carbocycles. The minimum absolute atomic E-state index is 0.104. The standard InChI is InChI=1S/C19H17N5O/c1-3-20-19(25)14-9-10-15-16(11-14)24-17(12(2)21-15)22-23-18(24)13-7-5-4-6-8-13/h4-11H,3H2,1-2H3,(H,20,25). The van der Waals surface area contributed by atoms with Gasteiger partial charge < -0.3 is 5.32 Å². The van der Waals surface area contributed by atoms with E-state index in [1.165, 1.54) is 0 Å². The van der Waals surface area contributed by atoms with Gasteiger partial charge in [0.1, 0.15) is 0 Å². The summed E-state index contributed by atoms with van der Waals surface area (Å²) in [6.45, 7) is 4.39. The highest BCUT2D eigenvalue weighted by Crippen LogP contribution is 2.25. The van der Waals surface area contributed by atoms with Crippen LogP contribution in [0.3, 0.4) is 0 Å². The third-order valence-corrected chi connectivity index (χ3v) is 4.12. The van der Waals surface area contributed by atoms with Crippen LogP contribution in [0.5, 0.6) is 0 Å². The molecule has 0 saturated heterocycles. The molecule has 124 valence electrons. The largest absolute Gasteiger partial charge is 0.352 e. The average molecular weight is 331 g/mol. The lowest BCUT2D eigenvalue weighted by molar-refractivity contribution is 0.0956. The Hall–Kier alpha value is -3.28. The molecule has 6 nitrogen and oxygen atoms in total. The molecule has 6 heteroatoms. The third-order valence-electron chi connectivity index (χ3n) is 4.12. The lowest BCUT2D eigenvalue weighted by Gasteiger charge is -2.09. The van der Waals surface area contributed by atoms with E-state index in [-0.39, 0.29) is 5.91 Å². The second-order valence-corrected chi connectivity index (χ2v) is 5.81. The normalized spacial score (nSPS) is 11.1. The van der Waals surface area contributed by atoms with Gasteiger partial charge >= 0.3 is 0 Å². The molecule has 25 heavy (non-hydrogen) atoms. The quantitative estimate of drug-likeness (QED) is 0.626. The maximum atomic E-state index is 12.2. The van der Waals surface area contributed by atoms with Gasteiger partial charge in [-0.3, -0.25) is 9.20 Å². The number of aryl methyl sites for hydroxylation is 1. The Labute approximate surface area is 144 Å². The van der Waals surface area contributed by atoms with Crippen molar-refractivity contribution in [2.24, 2.45) is 0 Å². The Morgan fingerprint density at radius 3 is 2.68 bits per heavy atom. The first-order valence-electron chi connectivity index (χ1n) is 8.18. The third kappa shape index (κ3) is 2.52. The van der Waals surface area contributed by atoms with E-state index in [9.17, 15) is 4.79 Å². The number of carbonyl (C=O) groups is 1. The molecule has 2 heterocycles. The second-order valence-electron chi connectivity index (χ2n) is 5.81. The molecule has 0 saturated carbocycles. The summed E-state index contributed by atoms with van der Waals surface area (Å²) in [4.78, 5) is 16.8. The van der Waals surface area contributed by atoms with Crippen molar-refractivity contribution < 1.29 is 4.79 Å². The van der Waals surface area contributed by atoms with Crippen LogP contribution in [0.4, 0.5) is 0 Å². The number of nitrogens with one attached hydrogen (secondary N) is 1. The first-order chi connectivity index (χ1) is 12.2. The van der Waals surface area contributed by atoms with Crippen molar-refractivity contribution in [1.82, 2.24) is 24.9 Å². The van der Waals surface area contributed by atoms with Crippen LogP contribution < -0.4 is 5.32 Å². The van der Waals surface area contributed by atoms with Crippen molar-refractivity contribution in [3.8, 4) is 11.4 Å². The van der Waals surface area contributed by atoms with Crippen molar-refractivity contribution in [3.63, 3.8) is 0 Å². The SMILES string of the molecule is CCNC(=O)c1ccc2nc(C)c3nnc(-c4ccccc4)n3c2c1. The molecular weight excluding hydrogens is 314 g/mol. The van der Waals surface area contributed by atoms with Crippen LogP contribution in [-0.2, 0) is 0 Å². The molecule has 0 spiro atoms. The zero-order valence-corrected chi connectivity index (χ0v) is 14.0. The maximum Gasteiger partial charge on any atom is 0.251 e. The molecule has 2 aromatic heterocycles. The summed E-state index contributed by atoms with van der Waals surface area (Å²) in [5.41, 5.74) is 4.66. The van der Waals surface area contributed by atoms with E-state index in [1.54, 1.807) is 6.07 Å². The highest BCUT2D eigenvalue weighted by molar-refractivity contribution is 5.97. The molecule has 0 bridgehead atoms. The zero-order valence-electron chi connectivity index (χ0n) is 14.0. The van der Waals surface area contributed by atoms with E-state index in [4.69, 9.17) is 0 Å². The molecule has 0 unspecified atom stereocenters. The summed E-state index contributed by atoms with van der Waals surface area (Å²) >= 11 is 0. The van der Waals surface area contributed by atoms with Gasteiger partial charge in [-0.1, -0.05) is 30.3 Å². The minimum atomic E-state index is -0.104. The van der Waals surface area contributed by atoms with Gasteiger partial charge in [-0.05, 0) is 32.0 Å². The highest BCUT2D eigenvalue weighted by atomic mass is 16.1. The number of nitrogens with zero attached hydrogens (tertiary/aromatic N) is 4. The number of hydrogen-bond acceptors (Lipinski definition) is 4. The number of amides is 1. The van der Waals surface area contributed by atoms with Gasteiger partial charge in [0, 0.05) is 17.7 Å². The van der Waals surface area contributed by atoms with Gasteiger partial charge in [0.2, 0.25) is 0 Å². The number of fused-ring (bicyclic) bond motifs is 3. The number of benzene rings is 2. The summed E-state index contributed by atoms with van der Waals surface area (Å²) in [5, 5.41) is 11.5. The maximum absolute atomic E-state index is 12.2. The van der Waals surface area contributed by atoms with Gasteiger partial charge in [0.15, 0.2) is 11.5 Å². The number of carbonyl (C=O) groups excluding carboxylic acids is 1. The Morgan fingerprint density at radius 1 is 1.12 bits per heavy atom. The molecule has 0 aliphatic rings. The van der Waals surface area contributed by atoms with Crippen LogP contribution in [0.25, 0.3) is 28.1 Å². The van der Waals surface area contributed by atoms with E-state index in [0.717, 1.165) is 28.1 Å². The van der Waals surface area contributed by atoms with Crippen LogP contribution in [-0.4, -0.2) is 32.0 Å². The van der Waals surface area contributed by atoms with E-state index >= 15 is 0 Å². The summed E-state index contributed by atoms with van der Waals surface area (Å²) in [5.74, 6) is 0.631. The van der Waals surface area contributed by atoms with Gasteiger partial charge in [0.05, 0.1) is 16.7 Å². The Morgan fingerprint density at radius 2 is 1.92 bits per heavy atom. The number of rotatable bonds is 3. The summed E-state index contributed by atoms with van der Waals surface area (Å²) < 4.78 is 1.97. The first kappa shape index (κ1) is 15.3. The van der Waals surface area contributed by atoms with E-state index < -0.39 is 0 Å². The van der Waals surface area contributed by atoms with Crippen molar-refractivity contribution in [2.75, 3.05) is 6.54 Å². The van der Waals surface area contributed by atoms with Gasteiger partial charge in [-0.15, -0.1) is 10.2 Å². The molecule has 1 amide bonds. The van der Waals surface area contributed by atoms with Crippen LogP contribution in [0.1, 0.15) is 23.0 Å². The van der Waals surface area contributed by atoms with Crippen molar-refractivity contribution in [2.45, 2.75) is 13.8 Å². The predicted octanol–water partition coefficient (Wildman–Crippen LogP) is 3.00. The van der Waals surface area contributed by atoms with Gasteiger partial charge in [-0.2, -0.15) is 0 Å². The average Bonchev–Trinajstić information content (AvgIpc) is 3.08. The van der Waals surface area contributed by atoms with E-state index in [1.807, 2.05) is 60.7 Å². The minimum Gasteiger partial charge on any atom is -0.352 e. The lowest BCUT2D eigenvalue weighted by atomic mass is 10.1. The Balaban J connectivity index is 2.04. The highest BCUT2D eigenvalue weighted by Gasteiger charge is 2.15. The molecule has 4 aromatic rings. The van der Waals surface area contributed by atoms with E-state index in [0.29, 0.717) is 17.8 Å². The van der Waals surface area contributed by atoms with E-state index in [2.05, 4.69) is 20.5 Å². The first-order valence-corrected chi connectivity index (χ1v) is 8.18. The van der Waals surface area contributed by atoms with Gasteiger partial charge in [0.25, 0.3) is 5.91 Å². The molecule has 0 aliphatic heterocycles. The Kier molecular flexibility index (Phi) is 3.65. The Bertz CT molecular complexity index is 1090. The molecule has 0 radical (unpaired) electrons. The fourth-order valence-electron chi connectivity index (χ4n) is 2.95. The molecule has 0 atom stereocenters. The molecule has 4 rings (SSSR count). The van der Waals surface area contributed by atoms with Gasteiger partial charge in [-0.25, -0.2) is 4.98 Å². The van der Waals surface area contributed by atoms with Crippen LogP contribution >= 0.6 is 0 Å². The van der Waals surface area contributed by atoms with Crippen LogP contribution in [0.15, 0.2) is 48.5 Å². The molecule has 1 N–H and O–H groups in total. The molecular formula is C19H17N5O. The van der Waals surface area contributed by atoms with Crippen molar-refractivity contribution in [1.29, 1.82) is 0 Å². The topological polar surface area (TPSA) is 72.2 Å². The number of aromatic nitrogens is 4. The van der Waals surface area contributed by atoms with Crippen molar-refractivity contribution in [3.05, 3.63) is 59.8 Å². The lowest BCUT2D eigenvalue weighted by Crippen LogP contribution is -2.22. The zero-order chi connectivity index (χ0) is 17.4. The second kappa shape index (κ2) is 5.98.